The molecule has 1 fully saturated rings. The number of aliphatic hydroxyl groups is 3. The van der Waals surface area contributed by atoms with Crippen molar-refractivity contribution in [3.8, 4) is 0 Å². The first-order chi connectivity index (χ1) is 14.2. The average Bonchev–Trinajstić information content (AvgIpc) is 3.10. The van der Waals surface area contributed by atoms with Crippen molar-refractivity contribution in [2.24, 2.45) is 0 Å². The summed E-state index contributed by atoms with van der Waals surface area (Å²) in [6, 6.07) is 0. The van der Waals surface area contributed by atoms with E-state index in [1.54, 1.807) is 0 Å². The SMILES string of the molecule is CCCC/C=C/CCCCCCCCCCCCO[C@H]1CO[C@@H]([C@H](O)CO)[C@H]1O. The van der Waals surface area contributed by atoms with Gasteiger partial charge in [0, 0.05) is 6.61 Å². The Kier molecular flexibility index (Phi) is 16.8. The lowest BCUT2D eigenvalue weighted by atomic mass is 10.1. The molecule has 1 aliphatic heterocycles. The normalized spacial score (nSPS) is 23.2. The van der Waals surface area contributed by atoms with E-state index in [1.807, 2.05) is 0 Å². The maximum absolute atomic E-state index is 10.1. The molecule has 0 aliphatic carbocycles. The Hall–Kier alpha value is -0.460. The lowest BCUT2D eigenvalue weighted by Gasteiger charge is -2.20. The van der Waals surface area contributed by atoms with Crippen molar-refractivity contribution in [2.45, 2.75) is 121 Å². The number of aliphatic hydroxyl groups excluding tert-OH is 3. The first kappa shape index (κ1) is 26.6. The van der Waals surface area contributed by atoms with E-state index >= 15 is 0 Å². The summed E-state index contributed by atoms with van der Waals surface area (Å²) in [5, 5.41) is 28.6. The van der Waals surface area contributed by atoms with Crippen LogP contribution in [0.25, 0.3) is 0 Å². The van der Waals surface area contributed by atoms with E-state index in [2.05, 4.69) is 19.1 Å². The maximum Gasteiger partial charge on any atom is 0.114 e. The van der Waals surface area contributed by atoms with Gasteiger partial charge >= 0.3 is 0 Å². The van der Waals surface area contributed by atoms with Crippen LogP contribution in [0.15, 0.2) is 12.2 Å². The molecule has 0 bridgehead atoms. The van der Waals surface area contributed by atoms with Gasteiger partial charge in [0.05, 0.1) is 13.2 Å². The van der Waals surface area contributed by atoms with Crippen LogP contribution in [0.3, 0.4) is 0 Å². The minimum atomic E-state index is -1.05. The van der Waals surface area contributed by atoms with E-state index in [0.717, 1.165) is 12.8 Å². The van der Waals surface area contributed by atoms with Gasteiger partial charge in [-0.25, -0.2) is 0 Å². The number of hydrogen-bond acceptors (Lipinski definition) is 5. The maximum atomic E-state index is 10.1. The third-order valence-corrected chi connectivity index (χ3v) is 5.72. The van der Waals surface area contributed by atoms with Crippen LogP contribution in [0.5, 0.6) is 0 Å². The molecule has 1 heterocycles. The lowest BCUT2D eigenvalue weighted by Crippen LogP contribution is -2.41. The molecule has 1 rings (SSSR count). The monoisotopic (exact) mass is 414 g/mol. The molecule has 0 aromatic carbocycles. The summed E-state index contributed by atoms with van der Waals surface area (Å²) in [6.07, 6.45) is 19.5. The molecular formula is C24H46O5. The van der Waals surface area contributed by atoms with E-state index in [1.165, 1.54) is 77.0 Å². The number of rotatable bonds is 19. The fourth-order valence-corrected chi connectivity index (χ4v) is 3.77. The zero-order valence-corrected chi connectivity index (χ0v) is 18.6. The van der Waals surface area contributed by atoms with Crippen molar-refractivity contribution in [3.63, 3.8) is 0 Å². The Morgan fingerprint density at radius 3 is 2.03 bits per heavy atom. The molecule has 172 valence electrons. The molecule has 1 saturated heterocycles. The smallest absolute Gasteiger partial charge is 0.114 e. The summed E-state index contributed by atoms with van der Waals surface area (Å²) in [5.41, 5.74) is 0. The highest BCUT2D eigenvalue weighted by atomic mass is 16.6. The van der Waals surface area contributed by atoms with Crippen LogP contribution in [0, 0.1) is 0 Å². The predicted molar refractivity (Wildman–Crippen MR) is 118 cm³/mol. The van der Waals surface area contributed by atoms with Crippen LogP contribution in [0.2, 0.25) is 0 Å². The molecule has 0 spiro atoms. The van der Waals surface area contributed by atoms with Gasteiger partial charge in [0.1, 0.15) is 24.4 Å². The van der Waals surface area contributed by atoms with Crippen LogP contribution in [-0.2, 0) is 9.47 Å². The highest BCUT2D eigenvalue weighted by molar-refractivity contribution is 4.88. The Morgan fingerprint density at radius 2 is 1.45 bits per heavy atom. The van der Waals surface area contributed by atoms with Gasteiger partial charge in [-0.2, -0.15) is 0 Å². The molecule has 0 amide bonds. The molecule has 0 saturated carbocycles. The largest absolute Gasteiger partial charge is 0.394 e. The third-order valence-electron chi connectivity index (χ3n) is 5.72. The molecule has 1 aliphatic rings. The van der Waals surface area contributed by atoms with Crippen molar-refractivity contribution in [1.29, 1.82) is 0 Å². The van der Waals surface area contributed by atoms with Gasteiger partial charge in [0.2, 0.25) is 0 Å². The van der Waals surface area contributed by atoms with Gasteiger partial charge in [0.15, 0.2) is 0 Å². The molecule has 0 aromatic heterocycles. The third kappa shape index (κ3) is 12.7. The summed E-state index contributed by atoms with van der Waals surface area (Å²) < 4.78 is 11.0. The van der Waals surface area contributed by atoms with Crippen molar-refractivity contribution < 1.29 is 24.8 Å². The molecule has 4 atom stereocenters. The fourth-order valence-electron chi connectivity index (χ4n) is 3.77. The van der Waals surface area contributed by atoms with Crippen LogP contribution < -0.4 is 0 Å². The number of allylic oxidation sites excluding steroid dienone is 2. The average molecular weight is 415 g/mol. The summed E-state index contributed by atoms with van der Waals surface area (Å²) in [5.74, 6) is 0. The molecular weight excluding hydrogens is 368 g/mol. The predicted octanol–water partition coefficient (Wildman–Crippen LogP) is 4.52. The standard InChI is InChI=1S/C24H46O5/c1-2-3-4-5-6-7-8-9-10-11-12-13-14-15-16-17-18-28-22-20-29-24(23(22)27)21(26)19-25/h5-6,21-27H,2-4,7-20H2,1H3/b6-5+/t21-,22+,23+,24+/m1/s1. The Labute approximate surface area is 178 Å². The summed E-state index contributed by atoms with van der Waals surface area (Å²) in [7, 11) is 0. The number of ether oxygens (including phenoxy) is 2. The summed E-state index contributed by atoms with van der Waals surface area (Å²) in [6.45, 7) is 2.72. The van der Waals surface area contributed by atoms with Gasteiger partial charge in [-0.05, 0) is 25.7 Å². The van der Waals surface area contributed by atoms with Crippen molar-refractivity contribution in [1.82, 2.24) is 0 Å². The highest BCUT2D eigenvalue weighted by Crippen LogP contribution is 2.20. The zero-order chi connectivity index (χ0) is 21.2. The van der Waals surface area contributed by atoms with Crippen molar-refractivity contribution >= 4 is 0 Å². The zero-order valence-electron chi connectivity index (χ0n) is 18.6. The van der Waals surface area contributed by atoms with E-state index in [-0.39, 0.29) is 6.61 Å². The van der Waals surface area contributed by atoms with Gasteiger partial charge in [0.25, 0.3) is 0 Å². The van der Waals surface area contributed by atoms with Crippen LogP contribution >= 0.6 is 0 Å². The molecule has 0 radical (unpaired) electrons. The van der Waals surface area contributed by atoms with E-state index < -0.39 is 31.0 Å². The Balaban J connectivity index is 1.81. The second-order valence-electron chi connectivity index (χ2n) is 8.39. The van der Waals surface area contributed by atoms with Crippen LogP contribution in [0.1, 0.15) is 96.8 Å². The first-order valence-corrected chi connectivity index (χ1v) is 12.1. The van der Waals surface area contributed by atoms with E-state index in [9.17, 15) is 10.2 Å². The van der Waals surface area contributed by atoms with Crippen molar-refractivity contribution in [3.05, 3.63) is 12.2 Å². The van der Waals surface area contributed by atoms with Crippen molar-refractivity contribution in [2.75, 3.05) is 19.8 Å². The molecule has 0 unspecified atom stereocenters. The number of unbranched alkanes of at least 4 members (excludes halogenated alkanes) is 12. The molecule has 5 nitrogen and oxygen atoms in total. The second-order valence-corrected chi connectivity index (χ2v) is 8.39. The van der Waals surface area contributed by atoms with Gasteiger partial charge in [-0.3, -0.25) is 0 Å². The summed E-state index contributed by atoms with van der Waals surface area (Å²) in [4.78, 5) is 0. The minimum absolute atomic E-state index is 0.276. The highest BCUT2D eigenvalue weighted by Gasteiger charge is 2.40. The number of hydrogen-bond donors (Lipinski definition) is 3. The Bertz CT molecular complexity index is 387. The minimum Gasteiger partial charge on any atom is -0.394 e. The van der Waals surface area contributed by atoms with Crippen LogP contribution in [0.4, 0.5) is 0 Å². The molecule has 5 heteroatoms. The lowest BCUT2D eigenvalue weighted by molar-refractivity contribution is -0.0730. The van der Waals surface area contributed by atoms with Gasteiger partial charge in [-0.1, -0.05) is 83.3 Å². The molecule has 3 N–H and O–H groups in total. The van der Waals surface area contributed by atoms with Gasteiger partial charge in [-0.15, -0.1) is 0 Å². The van der Waals surface area contributed by atoms with E-state index in [0.29, 0.717) is 6.61 Å². The molecule has 0 aromatic rings. The summed E-state index contributed by atoms with van der Waals surface area (Å²) >= 11 is 0. The van der Waals surface area contributed by atoms with Gasteiger partial charge < -0.3 is 24.8 Å². The fraction of sp³-hybridized carbons (Fsp3) is 0.917. The van der Waals surface area contributed by atoms with E-state index in [4.69, 9.17) is 14.6 Å². The molecule has 29 heavy (non-hydrogen) atoms. The topological polar surface area (TPSA) is 79.2 Å². The quantitative estimate of drug-likeness (QED) is 0.214. The Morgan fingerprint density at radius 1 is 0.897 bits per heavy atom. The first-order valence-electron chi connectivity index (χ1n) is 12.1. The second kappa shape index (κ2) is 18.3. The van der Waals surface area contributed by atoms with Crippen LogP contribution in [-0.4, -0.2) is 59.6 Å².